The number of benzene rings is 2. The van der Waals surface area contributed by atoms with Crippen molar-refractivity contribution in [2.45, 2.75) is 25.4 Å². The molecular weight excluding hydrogens is 332 g/mol. The summed E-state index contributed by atoms with van der Waals surface area (Å²) in [6.07, 6.45) is 1.58. The van der Waals surface area contributed by atoms with E-state index in [1.54, 1.807) is 31.4 Å². The molecule has 1 fully saturated rings. The Bertz CT molecular complexity index is 789. The molecule has 1 saturated heterocycles. The van der Waals surface area contributed by atoms with E-state index >= 15 is 0 Å². The fraction of sp³-hybridized carbons (Fsp3) is 0.300. The van der Waals surface area contributed by atoms with Gasteiger partial charge in [-0.2, -0.15) is 0 Å². The second kappa shape index (κ2) is 8.01. The summed E-state index contributed by atoms with van der Waals surface area (Å²) in [5.41, 5.74) is 2.21. The quantitative estimate of drug-likeness (QED) is 0.834. The van der Waals surface area contributed by atoms with Gasteiger partial charge < -0.3 is 15.2 Å². The van der Waals surface area contributed by atoms with E-state index in [-0.39, 0.29) is 5.91 Å². The van der Waals surface area contributed by atoms with Crippen LogP contribution in [0.3, 0.4) is 0 Å². The standard InChI is InChI=1S/C20H22N2O4/c1-26-17-9-7-15(8-10-17)19(23)21-16-5-2-4-14(12-16)13-22-11-3-6-18(22)20(24)25/h2,4-5,7-10,12,18H,3,6,11,13H2,1H3,(H,21,23)(H,24,25)/t18-/m0/s1. The second-order valence-electron chi connectivity index (χ2n) is 6.35. The molecule has 0 radical (unpaired) electrons. The van der Waals surface area contributed by atoms with Crippen LogP contribution in [0.2, 0.25) is 0 Å². The molecule has 1 aliphatic heterocycles. The van der Waals surface area contributed by atoms with E-state index < -0.39 is 12.0 Å². The van der Waals surface area contributed by atoms with Crippen LogP contribution < -0.4 is 10.1 Å². The lowest BCUT2D eigenvalue weighted by molar-refractivity contribution is -0.142. The maximum Gasteiger partial charge on any atom is 0.320 e. The van der Waals surface area contributed by atoms with Gasteiger partial charge in [0.05, 0.1) is 7.11 Å². The zero-order valence-electron chi connectivity index (χ0n) is 14.6. The molecule has 2 N–H and O–H groups in total. The van der Waals surface area contributed by atoms with Crippen LogP contribution in [0.4, 0.5) is 5.69 Å². The number of aliphatic carboxylic acids is 1. The molecule has 1 heterocycles. The highest BCUT2D eigenvalue weighted by atomic mass is 16.5. The van der Waals surface area contributed by atoms with E-state index in [9.17, 15) is 14.7 Å². The number of carboxylic acids is 1. The summed E-state index contributed by atoms with van der Waals surface area (Å²) in [5.74, 6) is -0.275. The fourth-order valence-electron chi connectivity index (χ4n) is 3.22. The van der Waals surface area contributed by atoms with E-state index in [1.165, 1.54) is 0 Å². The normalized spacial score (nSPS) is 17.0. The third kappa shape index (κ3) is 4.21. The van der Waals surface area contributed by atoms with Gasteiger partial charge in [-0.1, -0.05) is 12.1 Å². The van der Waals surface area contributed by atoms with Crippen molar-refractivity contribution in [3.63, 3.8) is 0 Å². The van der Waals surface area contributed by atoms with Gasteiger partial charge in [-0.05, 0) is 61.3 Å². The number of methoxy groups -OCH3 is 1. The molecular formula is C20H22N2O4. The zero-order chi connectivity index (χ0) is 18.5. The van der Waals surface area contributed by atoms with E-state index in [1.807, 2.05) is 29.2 Å². The molecule has 2 aromatic carbocycles. The Morgan fingerprint density at radius 2 is 2.00 bits per heavy atom. The van der Waals surface area contributed by atoms with Gasteiger partial charge in [0.1, 0.15) is 11.8 Å². The molecule has 0 aromatic heterocycles. The van der Waals surface area contributed by atoms with Crippen molar-refractivity contribution in [2.24, 2.45) is 0 Å². The van der Waals surface area contributed by atoms with Gasteiger partial charge >= 0.3 is 5.97 Å². The van der Waals surface area contributed by atoms with E-state index in [4.69, 9.17) is 4.74 Å². The molecule has 1 atom stereocenters. The van der Waals surface area contributed by atoms with Gasteiger partial charge in [0.25, 0.3) is 5.91 Å². The molecule has 26 heavy (non-hydrogen) atoms. The van der Waals surface area contributed by atoms with E-state index in [0.29, 0.717) is 30.0 Å². The summed E-state index contributed by atoms with van der Waals surface area (Å²) < 4.78 is 5.09. The average Bonchev–Trinajstić information content (AvgIpc) is 3.10. The first kappa shape index (κ1) is 17.9. The van der Waals surface area contributed by atoms with Crippen molar-refractivity contribution in [1.82, 2.24) is 4.90 Å². The number of hydrogen-bond acceptors (Lipinski definition) is 4. The Balaban J connectivity index is 1.66. The van der Waals surface area contributed by atoms with Gasteiger partial charge in [-0.15, -0.1) is 0 Å². The first-order valence-corrected chi connectivity index (χ1v) is 8.58. The second-order valence-corrected chi connectivity index (χ2v) is 6.35. The maximum absolute atomic E-state index is 12.4. The highest BCUT2D eigenvalue weighted by molar-refractivity contribution is 6.04. The number of hydrogen-bond donors (Lipinski definition) is 2. The Hall–Kier alpha value is -2.86. The molecule has 0 bridgehead atoms. The molecule has 0 saturated carbocycles. The molecule has 0 aliphatic carbocycles. The minimum atomic E-state index is -0.772. The third-order valence-electron chi connectivity index (χ3n) is 4.57. The zero-order valence-corrected chi connectivity index (χ0v) is 14.6. The van der Waals surface area contributed by atoms with Crippen molar-refractivity contribution in [1.29, 1.82) is 0 Å². The topological polar surface area (TPSA) is 78.9 Å². The molecule has 0 unspecified atom stereocenters. The molecule has 1 aliphatic rings. The number of rotatable bonds is 6. The molecule has 6 heteroatoms. The lowest BCUT2D eigenvalue weighted by Gasteiger charge is -2.21. The SMILES string of the molecule is COc1ccc(C(=O)Nc2cccc(CN3CCC[C@H]3C(=O)O)c2)cc1. The highest BCUT2D eigenvalue weighted by Crippen LogP contribution is 2.22. The van der Waals surface area contributed by atoms with E-state index in [0.717, 1.165) is 18.5 Å². The van der Waals surface area contributed by atoms with Crippen LogP contribution >= 0.6 is 0 Å². The number of likely N-dealkylation sites (tertiary alicyclic amines) is 1. The lowest BCUT2D eigenvalue weighted by Crippen LogP contribution is -2.35. The first-order valence-electron chi connectivity index (χ1n) is 8.58. The number of carboxylic acid groups (broad SMARTS) is 1. The molecule has 0 spiro atoms. The molecule has 1 amide bonds. The Labute approximate surface area is 152 Å². The van der Waals surface area contributed by atoms with Crippen molar-refractivity contribution in [3.8, 4) is 5.75 Å². The summed E-state index contributed by atoms with van der Waals surface area (Å²) in [5, 5.41) is 12.2. The largest absolute Gasteiger partial charge is 0.497 e. The number of carbonyl (C=O) groups excluding carboxylic acids is 1. The van der Waals surface area contributed by atoms with Crippen LogP contribution in [-0.4, -0.2) is 41.6 Å². The number of ether oxygens (including phenoxy) is 1. The lowest BCUT2D eigenvalue weighted by atomic mass is 10.1. The van der Waals surface area contributed by atoms with Crippen LogP contribution in [0.1, 0.15) is 28.8 Å². The third-order valence-corrected chi connectivity index (χ3v) is 4.57. The Kier molecular flexibility index (Phi) is 5.53. The Morgan fingerprint density at radius 1 is 1.23 bits per heavy atom. The van der Waals surface area contributed by atoms with Crippen molar-refractivity contribution in [2.75, 3.05) is 19.0 Å². The number of nitrogens with zero attached hydrogens (tertiary/aromatic N) is 1. The van der Waals surface area contributed by atoms with Gasteiger partial charge in [-0.3, -0.25) is 14.5 Å². The predicted molar refractivity (Wildman–Crippen MR) is 98.5 cm³/mol. The van der Waals surface area contributed by atoms with Crippen molar-refractivity contribution in [3.05, 3.63) is 59.7 Å². The Morgan fingerprint density at radius 3 is 2.69 bits per heavy atom. The van der Waals surface area contributed by atoms with Crippen molar-refractivity contribution < 1.29 is 19.4 Å². The smallest absolute Gasteiger partial charge is 0.320 e. The van der Waals surface area contributed by atoms with Gasteiger partial charge in [0.15, 0.2) is 0 Å². The average molecular weight is 354 g/mol. The summed E-state index contributed by atoms with van der Waals surface area (Å²) in [4.78, 5) is 25.6. The molecule has 3 rings (SSSR count). The number of carbonyl (C=O) groups is 2. The van der Waals surface area contributed by atoms with Crippen LogP contribution in [0, 0.1) is 0 Å². The van der Waals surface area contributed by atoms with Gasteiger partial charge in [-0.25, -0.2) is 0 Å². The highest BCUT2D eigenvalue weighted by Gasteiger charge is 2.30. The van der Waals surface area contributed by atoms with Crippen LogP contribution in [-0.2, 0) is 11.3 Å². The molecule has 2 aromatic rings. The summed E-state index contributed by atoms with van der Waals surface area (Å²) >= 11 is 0. The van der Waals surface area contributed by atoms with Crippen molar-refractivity contribution >= 4 is 17.6 Å². The molecule has 6 nitrogen and oxygen atoms in total. The first-order chi connectivity index (χ1) is 12.6. The van der Waals surface area contributed by atoms with Crippen LogP contribution in [0.15, 0.2) is 48.5 Å². The van der Waals surface area contributed by atoms with E-state index in [2.05, 4.69) is 5.32 Å². The minimum absolute atomic E-state index is 0.200. The number of anilines is 1. The van der Waals surface area contributed by atoms with Gasteiger partial charge in [0.2, 0.25) is 0 Å². The van der Waals surface area contributed by atoms with Crippen LogP contribution in [0.5, 0.6) is 5.75 Å². The summed E-state index contributed by atoms with van der Waals surface area (Å²) in [6, 6.07) is 14.0. The maximum atomic E-state index is 12.4. The minimum Gasteiger partial charge on any atom is -0.497 e. The predicted octanol–water partition coefficient (Wildman–Crippen LogP) is 3.00. The van der Waals surface area contributed by atoms with Crippen LogP contribution in [0.25, 0.3) is 0 Å². The number of amides is 1. The van der Waals surface area contributed by atoms with Gasteiger partial charge in [0, 0.05) is 17.8 Å². The number of nitrogens with one attached hydrogen (secondary N) is 1. The fourth-order valence-corrected chi connectivity index (χ4v) is 3.22. The summed E-state index contributed by atoms with van der Waals surface area (Å²) in [6.45, 7) is 1.34. The summed E-state index contributed by atoms with van der Waals surface area (Å²) in [7, 11) is 1.58. The molecule has 136 valence electrons. The monoisotopic (exact) mass is 354 g/mol.